The second kappa shape index (κ2) is 63.1. The van der Waals surface area contributed by atoms with Crippen molar-refractivity contribution in [2.24, 2.45) is 0 Å². The van der Waals surface area contributed by atoms with Crippen molar-refractivity contribution in [3.63, 3.8) is 0 Å². The Labute approximate surface area is 940 Å². The van der Waals surface area contributed by atoms with Gasteiger partial charge in [-0.15, -0.1) is 323 Å². The van der Waals surface area contributed by atoms with E-state index in [9.17, 15) is 0 Å². The fourth-order valence-electron chi connectivity index (χ4n) is 14.5. The summed E-state index contributed by atoms with van der Waals surface area (Å²) in [6.45, 7) is 8.42. The number of benzene rings is 14. The van der Waals surface area contributed by atoms with Crippen molar-refractivity contribution in [2.45, 2.75) is 27.7 Å². The van der Waals surface area contributed by atoms with Gasteiger partial charge in [-0.05, 0) is 175 Å². The number of nitrogens with zero attached hydrogens (tertiary/aromatic N) is 9. The van der Waals surface area contributed by atoms with Crippen LogP contribution in [0.15, 0.2) is 535 Å². The number of hydrogen-bond acceptors (Lipinski definition) is 9. The largest absolute Gasteiger partial charge is 0.305 e. The third-order valence-corrected chi connectivity index (χ3v) is 21.8. The van der Waals surface area contributed by atoms with E-state index in [-0.39, 0.29) is 130 Å². The summed E-state index contributed by atoms with van der Waals surface area (Å²) in [6, 6.07) is 174. The van der Waals surface area contributed by atoms with Gasteiger partial charge >= 0.3 is 0 Å². The predicted octanol–water partition coefficient (Wildman–Crippen LogP) is 32.5. The fraction of sp³-hybridized carbons (Fsp3) is 0.0301. The Kier molecular flexibility index (Phi) is 45.5. The topological polar surface area (TPSA) is 116 Å². The maximum atomic E-state index is 8.05. The van der Waals surface area contributed by atoms with Gasteiger partial charge in [-0.3, -0.25) is 0 Å². The molecule has 0 aliphatic rings. The molecule has 23 rings (SSSR count). The number of aromatic nitrogens is 9. The van der Waals surface area contributed by atoms with Crippen molar-refractivity contribution in [3.8, 4) is 157 Å². The van der Waals surface area contributed by atoms with Crippen LogP contribution in [0.4, 0.5) is 0 Å². The summed E-state index contributed by atoms with van der Waals surface area (Å²) in [5, 5.41) is 0. The number of aryl methyl sites for hydroxylation is 4. The van der Waals surface area contributed by atoms with E-state index in [1.54, 1.807) is 49.2 Å². The van der Waals surface area contributed by atoms with Gasteiger partial charge in [0, 0.05) is 162 Å². The Morgan fingerprint density at radius 3 is 0.810 bits per heavy atom. The molecule has 5 radical (unpaired) electrons. The smallest absolute Gasteiger partial charge is 0.0629 e. The Bertz CT molecular complexity index is 7540. The first kappa shape index (κ1) is 106. The minimum atomic E-state index is -0.394. The van der Waals surface area contributed by atoms with E-state index >= 15 is 0 Å². The molecule has 0 N–H and O–H groups in total. The van der Waals surface area contributed by atoms with E-state index in [1.807, 2.05) is 346 Å². The van der Waals surface area contributed by atoms with Crippen molar-refractivity contribution in [1.29, 1.82) is 0 Å². The average molecular weight is 2790 g/mol. The SMILES string of the molecule is Cc1c[c-]c(-c2ccccn2)cc1.Cc1cc(-c2[c-]cccc2)ncc1-c1ccccc1.Cc1ccccc1-c1ccc(-c2[c-]cccc2)nc1.Cc1ccccc1-c1ccnc(-c2[c-]cccc2)c1.[2H]c1c([2H])c([2H])c(-c2ccnc(-c3[c-]cccc3)c2)c([2H])c1[2H].[Ir].[Ir].[Ir].[Ir].[Ir].[c-]1ccccc1-c1ccc(-c2ccccc2)cn1.[c-]1ccccc1-c1ccccn1.[c-]1ccccc1-c1ccccn1.[c-]1ccccc1-c1ccccn1. The molecule has 0 spiro atoms. The summed E-state index contributed by atoms with van der Waals surface area (Å²) in [5.74, 6) is 0. The fourth-order valence-corrected chi connectivity index (χ4v) is 14.5. The van der Waals surface area contributed by atoms with Gasteiger partial charge in [0.2, 0.25) is 0 Å². The molecular weight excluding hydrogens is 2680 g/mol. The summed E-state index contributed by atoms with van der Waals surface area (Å²) >= 11 is 0. The predicted molar refractivity (Wildman–Crippen MR) is 583 cm³/mol. The molecule has 0 unspecified atom stereocenters. The summed E-state index contributed by atoms with van der Waals surface area (Å²) < 4.78 is 39.3. The van der Waals surface area contributed by atoms with Crippen LogP contribution in [0, 0.1) is 82.3 Å². The quantitative estimate of drug-likeness (QED) is 0.0981. The van der Waals surface area contributed by atoms with Gasteiger partial charge in [-0.25, -0.2) is 0 Å². The van der Waals surface area contributed by atoms with Crippen LogP contribution in [0.3, 0.4) is 0 Å². The van der Waals surface area contributed by atoms with Gasteiger partial charge in [0.15, 0.2) is 0 Å². The molecule has 0 fully saturated rings. The first-order valence-corrected chi connectivity index (χ1v) is 46.2. The van der Waals surface area contributed by atoms with Crippen molar-refractivity contribution >= 4 is 0 Å². The zero-order valence-electron chi connectivity index (χ0n) is 85.6. The van der Waals surface area contributed by atoms with Gasteiger partial charge in [0.1, 0.15) is 0 Å². The molecule has 0 amide bonds. The molecule has 9 heterocycles. The van der Waals surface area contributed by atoms with Crippen molar-refractivity contribution in [2.75, 3.05) is 0 Å². The molecule has 147 heavy (non-hydrogen) atoms. The molecule has 14 heteroatoms. The second-order valence-corrected chi connectivity index (χ2v) is 31.8. The molecule has 23 aromatic rings. The van der Waals surface area contributed by atoms with Crippen LogP contribution >= 0.6 is 0 Å². The van der Waals surface area contributed by atoms with E-state index in [0.717, 1.165) is 107 Å². The normalized spacial score (nSPS) is 10.2. The second-order valence-electron chi connectivity index (χ2n) is 31.8. The van der Waals surface area contributed by atoms with Crippen LogP contribution in [-0.4, -0.2) is 44.9 Å². The van der Waals surface area contributed by atoms with E-state index in [4.69, 9.17) is 6.85 Å². The van der Waals surface area contributed by atoms with Crippen LogP contribution in [0.1, 0.15) is 29.1 Å². The molecule has 731 valence electrons. The summed E-state index contributed by atoms with van der Waals surface area (Å²) in [4.78, 5) is 39.2. The molecule has 0 atom stereocenters. The van der Waals surface area contributed by atoms with Gasteiger partial charge in [0.25, 0.3) is 0 Å². The van der Waals surface area contributed by atoms with Gasteiger partial charge in [-0.1, -0.05) is 237 Å². The summed E-state index contributed by atoms with van der Waals surface area (Å²) in [7, 11) is 0. The average Bonchev–Trinajstić information content (AvgIpc) is 0.772. The standard InChI is InChI=1S/3C18H14N.2C17H12N.C12H10N.3C11H8N.5Ir/c1-14-12-18(16-10-6-3-7-11-16)19-13-17(14)15-8-4-2-5-9-15;1-14-7-5-6-10-17(14)16-11-12-19-18(13-16)15-8-3-2-4-9-15;1-14-7-5-6-10-17(14)16-11-12-18(19-13-16)15-8-3-2-4-9-15;1-3-7-14(8-4-1)16-11-12-18-17(13-16)15-9-5-2-6-10-15;1-3-7-14(8-4-1)16-11-12-17(18-13-16)15-9-5-2-6-10-15;1-10-5-7-11(8-6-10)12-4-2-3-9-13-12;3*1-2-6-10(7-3-1)11-8-4-5-9-12-11;;;;;/h2-10,12-13H,1H3;2*2-8,10-13H,1H3;2*1-9,11-13H;2-7,9H,1H3;3*1-6,8-9H;;;;;/q9*-1;;;;;/i;;;1D,3D,4D,7D,8D;;;;;;;;;;. The molecule has 0 saturated heterocycles. The maximum absolute atomic E-state index is 8.05. The van der Waals surface area contributed by atoms with Crippen molar-refractivity contribution in [1.82, 2.24) is 44.9 Å². The van der Waals surface area contributed by atoms with Crippen LogP contribution in [0.25, 0.3) is 157 Å². The minimum absolute atomic E-state index is 0. The van der Waals surface area contributed by atoms with Crippen LogP contribution in [0.2, 0.25) is 0 Å². The first-order valence-electron chi connectivity index (χ1n) is 48.7. The van der Waals surface area contributed by atoms with Crippen LogP contribution in [0.5, 0.6) is 0 Å². The van der Waals surface area contributed by atoms with E-state index in [1.165, 1.54) is 55.6 Å². The van der Waals surface area contributed by atoms with Crippen molar-refractivity contribution in [3.05, 3.63) is 612 Å². The molecule has 0 aliphatic carbocycles. The van der Waals surface area contributed by atoms with Gasteiger partial charge < -0.3 is 44.9 Å². The van der Waals surface area contributed by atoms with Crippen LogP contribution < -0.4 is 0 Å². The van der Waals surface area contributed by atoms with Crippen LogP contribution in [-0.2, 0) is 101 Å². The summed E-state index contributed by atoms with van der Waals surface area (Å²) in [5.41, 5.74) is 32.7. The Morgan fingerprint density at radius 1 is 0.177 bits per heavy atom. The Morgan fingerprint density at radius 2 is 0.476 bits per heavy atom. The number of rotatable bonds is 14. The molecule has 9 nitrogen and oxygen atoms in total. The van der Waals surface area contributed by atoms with Gasteiger partial charge in [0.05, 0.1) is 6.85 Å². The molecule has 14 aromatic carbocycles. The molecule has 0 aliphatic heterocycles. The molecule has 9 aromatic heterocycles. The maximum Gasteiger partial charge on any atom is 0.0629 e. The molecule has 0 saturated carbocycles. The number of pyridine rings is 9. The minimum Gasteiger partial charge on any atom is -0.305 e. The molecule has 0 bridgehead atoms. The monoisotopic (exact) mass is 2790 g/mol. The first-order chi connectivity index (χ1) is 72.2. The third kappa shape index (κ3) is 35.8. The van der Waals surface area contributed by atoms with Gasteiger partial charge in [-0.2, -0.15) is 0 Å². The Balaban J connectivity index is 0.000000175. The van der Waals surface area contributed by atoms with E-state index < -0.39 is 6.04 Å². The zero-order valence-corrected chi connectivity index (χ0v) is 92.6. The van der Waals surface area contributed by atoms with E-state index in [0.29, 0.717) is 11.3 Å². The zero-order chi connectivity index (χ0) is 102. The summed E-state index contributed by atoms with van der Waals surface area (Å²) in [6.07, 6.45) is 16.4. The molecular formula is C133H100Ir5N9-9. The van der Waals surface area contributed by atoms with E-state index in [2.05, 4.69) is 236 Å². The third-order valence-electron chi connectivity index (χ3n) is 21.8. The Hall–Kier alpha value is -15.3. The number of hydrogen-bond donors (Lipinski definition) is 0. The van der Waals surface area contributed by atoms with Crippen molar-refractivity contribution < 1.29 is 107 Å².